The fourth-order valence-corrected chi connectivity index (χ4v) is 2.42. The van der Waals surface area contributed by atoms with Crippen molar-refractivity contribution in [2.75, 3.05) is 12.0 Å². The van der Waals surface area contributed by atoms with Crippen LogP contribution in [0.1, 0.15) is 18.2 Å². The summed E-state index contributed by atoms with van der Waals surface area (Å²) in [4.78, 5) is 8.81. The summed E-state index contributed by atoms with van der Waals surface area (Å²) in [5.41, 5.74) is 6.04. The van der Waals surface area contributed by atoms with Crippen LogP contribution in [0.3, 0.4) is 0 Å². The molecule has 1 heterocycles. The van der Waals surface area contributed by atoms with Crippen LogP contribution in [0, 0.1) is 6.92 Å². The minimum Gasteiger partial charge on any atom is -0.507 e. The van der Waals surface area contributed by atoms with Crippen molar-refractivity contribution >= 4 is 12.2 Å². The van der Waals surface area contributed by atoms with E-state index >= 15 is 0 Å². The predicted molar refractivity (Wildman–Crippen MR) is 103 cm³/mol. The van der Waals surface area contributed by atoms with Crippen molar-refractivity contribution in [1.29, 1.82) is 0 Å². The lowest BCUT2D eigenvalue weighted by Crippen LogP contribution is -2.00. The maximum absolute atomic E-state index is 10.0. The molecule has 3 aromatic rings. The Morgan fingerprint density at radius 1 is 1.12 bits per heavy atom. The van der Waals surface area contributed by atoms with E-state index in [-0.39, 0.29) is 5.75 Å². The molecule has 0 unspecified atom stereocenters. The lowest BCUT2D eigenvalue weighted by atomic mass is 10.1. The second-order valence-corrected chi connectivity index (χ2v) is 5.61. The SMILES string of the molecule is CCOc1ccc(/C=N/Nc2nc(C)cc(-c3ccccc3)n2)c(O)c1. The first-order chi connectivity index (χ1) is 12.7. The molecule has 0 aliphatic carbocycles. The second kappa shape index (κ2) is 8.11. The zero-order valence-corrected chi connectivity index (χ0v) is 14.7. The average molecular weight is 348 g/mol. The van der Waals surface area contributed by atoms with E-state index in [1.807, 2.05) is 50.2 Å². The highest BCUT2D eigenvalue weighted by molar-refractivity contribution is 5.84. The minimum absolute atomic E-state index is 0.0941. The van der Waals surface area contributed by atoms with E-state index in [1.54, 1.807) is 18.2 Å². The first kappa shape index (κ1) is 17.4. The number of hydrogen-bond acceptors (Lipinski definition) is 6. The van der Waals surface area contributed by atoms with E-state index in [2.05, 4.69) is 20.5 Å². The van der Waals surface area contributed by atoms with Gasteiger partial charge >= 0.3 is 0 Å². The predicted octanol–water partition coefficient (Wildman–Crippen LogP) is 4.00. The number of aryl methyl sites for hydroxylation is 1. The molecule has 2 aromatic carbocycles. The van der Waals surface area contributed by atoms with E-state index in [4.69, 9.17) is 4.74 Å². The van der Waals surface area contributed by atoms with Gasteiger partial charge in [-0.1, -0.05) is 30.3 Å². The number of benzene rings is 2. The second-order valence-electron chi connectivity index (χ2n) is 5.61. The van der Waals surface area contributed by atoms with Crippen LogP contribution in [0.4, 0.5) is 5.95 Å². The Balaban J connectivity index is 1.75. The van der Waals surface area contributed by atoms with Crippen molar-refractivity contribution in [3.05, 3.63) is 65.9 Å². The lowest BCUT2D eigenvalue weighted by molar-refractivity contribution is 0.337. The summed E-state index contributed by atoms with van der Waals surface area (Å²) in [6, 6.07) is 16.9. The van der Waals surface area contributed by atoms with Gasteiger partial charge in [0.2, 0.25) is 5.95 Å². The number of phenols is 1. The van der Waals surface area contributed by atoms with Crippen LogP contribution in [-0.2, 0) is 0 Å². The Bertz CT molecular complexity index is 911. The number of nitrogens with one attached hydrogen (secondary N) is 1. The largest absolute Gasteiger partial charge is 0.507 e. The van der Waals surface area contributed by atoms with Crippen LogP contribution in [-0.4, -0.2) is 27.9 Å². The summed E-state index contributed by atoms with van der Waals surface area (Å²) in [7, 11) is 0. The molecule has 0 bridgehead atoms. The Morgan fingerprint density at radius 3 is 2.65 bits per heavy atom. The van der Waals surface area contributed by atoms with Crippen molar-refractivity contribution in [2.45, 2.75) is 13.8 Å². The van der Waals surface area contributed by atoms with Crippen LogP contribution in [0.25, 0.3) is 11.3 Å². The summed E-state index contributed by atoms with van der Waals surface area (Å²) in [6.45, 7) is 4.34. The average Bonchev–Trinajstić information content (AvgIpc) is 2.64. The van der Waals surface area contributed by atoms with Crippen LogP contribution < -0.4 is 10.2 Å². The lowest BCUT2D eigenvalue weighted by Gasteiger charge is -2.06. The fraction of sp³-hybridized carbons (Fsp3) is 0.150. The van der Waals surface area contributed by atoms with E-state index in [0.29, 0.717) is 23.9 Å². The molecule has 2 N–H and O–H groups in total. The van der Waals surface area contributed by atoms with Crippen molar-refractivity contribution in [3.8, 4) is 22.8 Å². The van der Waals surface area contributed by atoms with Gasteiger partial charge in [0.15, 0.2) is 0 Å². The number of aromatic nitrogens is 2. The monoisotopic (exact) mass is 348 g/mol. The third kappa shape index (κ3) is 4.36. The van der Waals surface area contributed by atoms with E-state index in [1.165, 1.54) is 6.21 Å². The van der Waals surface area contributed by atoms with Gasteiger partial charge in [0.25, 0.3) is 0 Å². The van der Waals surface area contributed by atoms with Gasteiger partial charge in [-0.3, -0.25) is 0 Å². The van der Waals surface area contributed by atoms with Crippen LogP contribution in [0.2, 0.25) is 0 Å². The molecule has 0 aliphatic heterocycles. The highest BCUT2D eigenvalue weighted by Crippen LogP contribution is 2.22. The molecule has 132 valence electrons. The van der Waals surface area contributed by atoms with Gasteiger partial charge in [-0.15, -0.1) is 0 Å². The maximum atomic E-state index is 10.0. The summed E-state index contributed by atoms with van der Waals surface area (Å²) in [5, 5.41) is 14.1. The van der Waals surface area contributed by atoms with Crippen LogP contribution >= 0.6 is 0 Å². The Labute approximate surface area is 152 Å². The molecule has 0 fully saturated rings. The summed E-state index contributed by atoms with van der Waals surface area (Å²) < 4.78 is 5.34. The third-order valence-electron chi connectivity index (χ3n) is 3.60. The zero-order valence-electron chi connectivity index (χ0n) is 14.7. The third-order valence-corrected chi connectivity index (χ3v) is 3.60. The van der Waals surface area contributed by atoms with Gasteiger partial charge in [0.1, 0.15) is 11.5 Å². The first-order valence-corrected chi connectivity index (χ1v) is 8.31. The molecule has 0 radical (unpaired) electrons. The maximum Gasteiger partial charge on any atom is 0.244 e. The number of anilines is 1. The topological polar surface area (TPSA) is 79.6 Å². The van der Waals surface area contributed by atoms with Crippen LogP contribution in [0.15, 0.2) is 59.7 Å². The minimum atomic E-state index is 0.0941. The molecular weight excluding hydrogens is 328 g/mol. The van der Waals surface area contributed by atoms with E-state index in [9.17, 15) is 5.11 Å². The number of nitrogens with zero attached hydrogens (tertiary/aromatic N) is 3. The number of hydrogen-bond donors (Lipinski definition) is 2. The normalized spacial score (nSPS) is 10.8. The summed E-state index contributed by atoms with van der Waals surface area (Å²) in [6.07, 6.45) is 1.51. The number of hydrazone groups is 1. The van der Waals surface area contributed by atoms with Crippen molar-refractivity contribution in [1.82, 2.24) is 9.97 Å². The highest BCUT2D eigenvalue weighted by atomic mass is 16.5. The van der Waals surface area contributed by atoms with Crippen molar-refractivity contribution in [2.24, 2.45) is 5.10 Å². The first-order valence-electron chi connectivity index (χ1n) is 8.31. The molecule has 0 atom stereocenters. The van der Waals surface area contributed by atoms with Gasteiger partial charge < -0.3 is 9.84 Å². The van der Waals surface area contributed by atoms with Crippen molar-refractivity contribution in [3.63, 3.8) is 0 Å². The van der Waals surface area contributed by atoms with Gasteiger partial charge in [0.05, 0.1) is 18.5 Å². The highest BCUT2D eigenvalue weighted by Gasteiger charge is 2.04. The number of rotatable bonds is 6. The number of phenolic OH excluding ortho intramolecular Hbond substituents is 1. The Morgan fingerprint density at radius 2 is 1.92 bits per heavy atom. The molecule has 6 nitrogen and oxygen atoms in total. The molecule has 0 saturated carbocycles. The molecule has 0 spiro atoms. The molecule has 6 heteroatoms. The quantitative estimate of drug-likeness (QED) is 0.520. The summed E-state index contributed by atoms with van der Waals surface area (Å²) in [5.74, 6) is 1.10. The van der Waals surface area contributed by atoms with E-state index in [0.717, 1.165) is 17.0 Å². The molecule has 0 saturated heterocycles. The van der Waals surface area contributed by atoms with Gasteiger partial charge in [-0.05, 0) is 32.0 Å². The molecule has 1 aromatic heterocycles. The Hall–Kier alpha value is -3.41. The molecule has 3 rings (SSSR count). The van der Waals surface area contributed by atoms with Gasteiger partial charge in [-0.2, -0.15) is 5.10 Å². The molecule has 0 amide bonds. The molecular formula is C20H20N4O2. The zero-order chi connectivity index (χ0) is 18.4. The van der Waals surface area contributed by atoms with Crippen molar-refractivity contribution < 1.29 is 9.84 Å². The Kier molecular flexibility index (Phi) is 5.43. The smallest absolute Gasteiger partial charge is 0.244 e. The fourth-order valence-electron chi connectivity index (χ4n) is 2.42. The number of aromatic hydroxyl groups is 1. The molecule has 26 heavy (non-hydrogen) atoms. The number of ether oxygens (including phenoxy) is 1. The van der Waals surface area contributed by atoms with Gasteiger partial charge in [-0.25, -0.2) is 15.4 Å². The van der Waals surface area contributed by atoms with E-state index < -0.39 is 0 Å². The van der Waals surface area contributed by atoms with Crippen LogP contribution in [0.5, 0.6) is 11.5 Å². The standard InChI is InChI=1S/C20H20N4O2/c1-3-26-17-10-9-16(19(25)12-17)13-21-24-20-22-14(2)11-18(23-20)15-7-5-4-6-8-15/h4-13,25H,3H2,1-2H3,(H,22,23,24)/b21-13+. The van der Waals surface area contributed by atoms with Gasteiger partial charge in [0, 0.05) is 22.9 Å². The molecule has 0 aliphatic rings. The summed E-state index contributed by atoms with van der Waals surface area (Å²) >= 11 is 0.